The molecule has 0 amide bonds. The molecule has 4 nitrogen and oxygen atoms in total. The van der Waals surface area contributed by atoms with Crippen LogP contribution in [0.15, 0.2) is 24.3 Å². The van der Waals surface area contributed by atoms with Gasteiger partial charge in [0.1, 0.15) is 6.10 Å². The van der Waals surface area contributed by atoms with Crippen molar-refractivity contribution in [1.29, 1.82) is 0 Å². The quantitative estimate of drug-likeness (QED) is 0.598. The lowest BCUT2D eigenvalue weighted by Crippen LogP contribution is -2.11. The summed E-state index contributed by atoms with van der Waals surface area (Å²) in [6.45, 7) is -0.500. The minimum Gasteiger partial charge on any atom is -0.382 e. The van der Waals surface area contributed by atoms with Gasteiger partial charge in [-0.3, -0.25) is 10.1 Å². The summed E-state index contributed by atoms with van der Waals surface area (Å²) in [6.07, 6.45) is -1.09. The zero-order valence-electron chi connectivity index (χ0n) is 6.68. The van der Waals surface area contributed by atoms with Crippen LogP contribution in [-0.2, 0) is 0 Å². The number of aliphatic hydroxyl groups excluding tert-OH is 1. The Balaban J connectivity index is 2.76. The number of nitro groups is 1. The van der Waals surface area contributed by atoms with Crippen molar-refractivity contribution in [1.82, 2.24) is 0 Å². The highest BCUT2D eigenvalue weighted by atomic mass is 35.5. The van der Waals surface area contributed by atoms with Crippen LogP contribution in [0.2, 0.25) is 5.02 Å². The van der Waals surface area contributed by atoms with E-state index in [2.05, 4.69) is 0 Å². The second-order valence-electron chi connectivity index (χ2n) is 2.59. The van der Waals surface area contributed by atoms with Gasteiger partial charge in [-0.25, -0.2) is 0 Å². The second-order valence-corrected chi connectivity index (χ2v) is 3.02. The Morgan fingerprint density at radius 2 is 2.31 bits per heavy atom. The maximum absolute atomic E-state index is 10.1. The van der Waals surface area contributed by atoms with E-state index in [0.717, 1.165) is 0 Å². The molecule has 0 aliphatic heterocycles. The Bertz CT molecular complexity index is 316. The van der Waals surface area contributed by atoms with Crippen molar-refractivity contribution in [3.8, 4) is 0 Å². The lowest BCUT2D eigenvalue weighted by molar-refractivity contribution is -0.491. The molecule has 0 aliphatic rings. The molecule has 0 aromatic heterocycles. The van der Waals surface area contributed by atoms with Crippen molar-refractivity contribution in [3.63, 3.8) is 0 Å². The Labute approximate surface area is 79.9 Å². The van der Waals surface area contributed by atoms with Crippen molar-refractivity contribution >= 4 is 11.6 Å². The molecule has 70 valence electrons. The molecule has 1 atom stereocenters. The van der Waals surface area contributed by atoms with E-state index in [4.69, 9.17) is 11.6 Å². The van der Waals surface area contributed by atoms with Crippen LogP contribution in [0.3, 0.4) is 0 Å². The van der Waals surface area contributed by atoms with Crippen molar-refractivity contribution < 1.29 is 10.0 Å². The van der Waals surface area contributed by atoms with Gasteiger partial charge >= 0.3 is 0 Å². The number of nitrogens with zero attached hydrogens (tertiary/aromatic N) is 1. The van der Waals surface area contributed by atoms with Crippen molar-refractivity contribution in [3.05, 3.63) is 45.0 Å². The normalized spacial score (nSPS) is 12.5. The summed E-state index contributed by atoms with van der Waals surface area (Å²) >= 11 is 5.64. The first-order valence-electron chi connectivity index (χ1n) is 3.65. The van der Waals surface area contributed by atoms with Crippen LogP contribution in [0.25, 0.3) is 0 Å². The van der Waals surface area contributed by atoms with Crippen LogP contribution >= 0.6 is 11.6 Å². The first-order chi connectivity index (χ1) is 6.09. The molecule has 0 bridgehead atoms. The zero-order valence-corrected chi connectivity index (χ0v) is 7.44. The Kier molecular flexibility index (Phi) is 3.22. The van der Waals surface area contributed by atoms with Crippen molar-refractivity contribution in [2.45, 2.75) is 6.10 Å². The van der Waals surface area contributed by atoms with Crippen molar-refractivity contribution in [2.24, 2.45) is 0 Å². The topological polar surface area (TPSA) is 63.4 Å². The number of rotatable bonds is 3. The number of hydrogen-bond acceptors (Lipinski definition) is 3. The second kappa shape index (κ2) is 4.20. The standard InChI is InChI=1S/C8H8ClNO3/c9-7-3-1-2-6(4-7)8(11)5-10(12)13/h1-4,8,11H,5H2. The van der Waals surface area contributed by atoms with Crippen LogP contribution in [-0.4, -0.2) is 16.6 Å². The third-order valence-corrected chi connectivity index (χ3v) is 1.79. The number of halogens is 1. The number of benzene rings is 1. The molecule has 0 aliphatic carbocycles. The summed E-state index contributed by atoms with van der Waals surface area (Å²) in [4.78, 5) is 9.52. The van der Waals surface area contributed by atoms with Gasteiger partial charge in [0.25, 0.3) is 0 Å². The molecule has 0 heterocycles. The SMILES string of the molecule is O=[N+]([O-])CC(O)c1cccc(Cl)c1. The first kappa shape index (κ1) is 9.95. The molecule has 1 aromatic rings. The van der Waals surface area contributed by atoms with Crippen LogP contribution in [0, 0.1) is 10.1 Å². The highest BCUT2D eigenvalue weighted by Gasteiger charge is 2.13. The Morgan fingerprint density at radius 3 is 2.85 bits per heavy atom. The first-order valence-corrected chi connectivity index (χ1v) is 4.02. The molecule has 1 aromatic carbocycles. The van der Waals surface area contributed by atoms with Gasteiger partial charge in [-0.1, -0.05) is 23.7 Å². The maximum Gasteiger partial charge on any atom is 0.233 e. The van der Waals surface area contributed by atoms with Gasteiger partial charge in [0.15, 0.2) is 0 Å². The molecule has 1 rings (SSSR count). The summed E-state index contributed by atoms with van der Waals surface area (Å²) in [7, 11) is 0. The molecule has 0 radical (unpaired) electrons. The molecule has 0 fully saturated rings. The van der Waals surface area contributed by atoms with E-state index in [1.54, 1.807) is 18.2 Å². The zero-order chi connectivity index (χ0) is 9.84. The van der Waals surface area contributed by atoms with Gasteiger partial charge in [-0.15, -0.1) is 0 Å². The Morgan fingerprint density at radius 1 is 1.62 bits per heavy atom. The van der Waals surface area contributed by atoms with Gasteiger partial charge in [0.05, 0.1) is 0 Å². The minimum absolute atomic E-state index is 0.458. The lowest BCUT2D eigenvalue weighted by Gasteiger charge is -2.05. The van der Waals surface area contributed by atoms with E-state index in [-0.39, 0.29) is 0 Å². The van der Waals surface area contributed by atoms with Crippen molar-refractivity contribution in [2.75, 3.05) is 6.54 Å². The van der Waals surface area contributed by atoms with E-state index >= 15 is 0 Å². The lowest BCUT2D eigenvalue weighted by atomic mass is 10.1. The fourth-order valence-electron chi connectivity index (χ4n) is 0.960. The molecule has 0 spiro atoms. The molecule has 0 saturated carbocycles. The van der Waals surface area contributed by atoms with E-state index in [0.29, 0.717) is 10.6 Å². The molecular formula is C8H8ClNO3. The number of hydrogen-bond donors (Lipinski definition) is 1. The average molecular weight is 202 g/mol. The summed E-state index contributed by atoms with van der Waals surface area (Å²) < 4.78 is 0. The molecule has 13 heavy (non-hydrogen) atoms. The van der Waals surface area contributed by atoms with Crippen LogP contribution in [0.4, 0.5) is 0 Å². The van der Waals surface area contributed by atoms with Gasteiger partial charge in [0.2, 0.25) is 6.54 Å². The summed E-state index contributed by atoms with van der Waals surface area (Å²) in [5, 5.41) is 19.9. The van der Waals surface area contributed by atoms with Crippen LogP contribution < -0.4 is 0 Å². The smallest absolute Gasteiger partial charge is 0.233 e. The molecule has 1 unspecified atom stereocenters. The molecule has 1 N–H and O–H groups in total. The van der Waals surface area contributed by atoms with Gasteiger partial charge < -0.3 is 5.11 Å². The fourth-order valence-corrected chi connectivity index (χ4v) is 1.16. The van der Waals surface area contributed by atoms with E-state index in [9.17, 15) is 15.2 Å². The Hall–Kier alpha value is -1.13. The van der Waals surface area contributed by atoms with Gasteiger partial charge in [-0.2, -0.15) is 0 Å². The van der Waals surface area contributed by atoms with E-state index in [1.165, 1.54) is 6.07 Å². The average Bonchev–Trinajstić information content (AvgIpc) is 2.03. The molecule has 5 heteroatoms. The minimum atomic E-state index is -1.09. The maximum atomic E-state index is 10.1. The summed E-state index contributed by atoms with van der Waals surface area (Å²) in [6, 6.07) is 6.39. The monoisotopic (exact) mass is 201 g/mol. The summed E-state index contributed by atoms with van der Waals surface area (Å²) in [5.41, 5.74) is 0.462. The highest BCUT2D eigenvalue weighted by Crippen LogP contribution is 2.17. The molecule has 0 saturated heterocycles. The van der Waals surface area contributed by atoms with E-state index < -0.39 is 17.6 Å². The highest BCUT2D eigenvalue weighted by molar-refractivity contribution is 6.30. The van der Waals surface area contributed by atoms with Gasteiger partial charge in [-0.05, 0) is 17.7 Å². The predicted molar refractivity (Wildman–Crippen MR) is 48.3 cm³/mol. The fraction of sp³-hybridized carbons (Fsp3) is 0.250. The van der Waals surface area contributed by atoms with Gasteiger partial charge in [0, 0.05) is 9.95 Å². The third-order valence-electron chi connectivity index (χ3n) is 1.56. The van der Waals surface area contributed by atoms with E-state index in [1.807, 2.05) is 0 Å². The van der Waals surface area contributed by atoms with Crippen LogP contribution in [0.1, 0.15) is 11.7 Å². The largest absolute Gasteiger partial charge is 0.382 e. The van der Waals surface area contributed by atoms with Crippen LogP contribution in [0.5, 0.6) is 0 Å². The number of aliphatic hydroxyl groups is 1. The third kappa shape index (κ3) is 3.01. The predicted octanol–water partition coefficient (Wildman–Crippen LogP) is 1.65. The molecular weight excluding hydrogens is 194 g/mol. The summed E-state index contributed by atoms with van der Waals surface area (Å²) in [5.74, 6) is 0.